The van der Waals surface area contributed by atoms with Gasteiger partial charge in [0.15, 0.2) is 0 Å². The fourth-order valence-corrected chi connectivity index (χ4v) is 8.33. The zero-order valence-electron chi connectivity index (χ0n) is 25.1. The highest BCUT2D eigenvalue weighted by atomic mass is 32.1. The molecule has 1 aliphatic rings. The molecule has 0 radical (unpaired) electrons. The first-order valence-corrected chi connectivity index (χ1v) is 16.6. The average molecular weight is 605 g/mol. The molecule has 0 aliphatic heterocycles. The highest BCUT2D eigenvalue weighted by Crippen LogP contribution is 2.50. The second-order valence-corrected chi connectivity index (χ2v) is 12.8. The molecule has 0 unspecified atom stereocenters. The highest BCUT2D eigenvalue weighted by molar-refractivity contribution is 7.19. The summed E-state index contributed by atoms with van der Waals surface area (Å²) < 4.78 is 6.45. The minimum atomic E-state index is 0.911. The van der Waals surface area contributed by atoms with Crippen molar-refractivity contribution in [3.8, 4) is 54.3 Å². The summed E-state index contributed by atoms with van der Waals surface area (Å²) in [6.07, 6.45) is 6.73. The highest BCUT2D eigenvalue weighted by Gasteiger charge is 2.24. The Kier molecular flexibility index (Phi) is 6.44. The molecule has 2 aromatic heterocycles. The van der Waals surface area contributed by atoms with E-state index in [0.717, 1.165) is 57.0 Å². The summed E-state index contributed by atoms with van der Waals surface area (Å²) in [5.74, 6) is 0. The molecule has 0 fully saturated rings. The van der Waals surface area contributed by atoms with Gasteiger partial charge in [-0.25, -0.2) is 0 Å². The fourth-order valence-electron chi connectivity index (χ4n) is 6.92. The van der Waals surface area contributed by atoms with E-state index in [1.54, 1.807) is 0 Å². The Hall–Kier alpha value is -5.62. The Bertz CT molecular complexity index is 2410. The Labute approximate surface area is 272 Å². The number of furan rings is 1. The summed E-state index contributed by atoms with van der Waals surface area (Å²) >= 11 is 1.91. The number of benzene rings is 5. The van der Waals surface area contributed by atoms with Crippen LogP contribution in [0, 0.1) is 12.1 Å². The van der Waals surface area contributed by atoms with Crippen molar-refractivity contribution in [1.29, 1.82) is 0 Å². The standard InChI is InChI=1S/C44H28OS/c1-3-14-29(15-4-1)32-18-7-8-20-36(32)43-37-21-9-10-22-38(37)44(46-43)39-27-26-31(28-40(39)30-16-5-2-6-17-30)33-23-13-24-35-34-19-11-12-25-41(34)45-42(33)35/h1-5,7-9,11-16,18-21,23-28H,10,22H2. The fraction of sp³-hybridized carbons (Fsp3) is 0.0455. The van der Waals surface area contributed by atoms with E-state index in [0.29, 0.717) is 0 Å². The Morgan fingerprint density at radius 1 is 0.587 bits per heavy atom. The van der Waals surface area contributed by atoms with Crippen LogP contribution in [0.3, 0.4) is 0 Å². The smallest absolute Gasteiger partial charge is 0.143 e. The molecule has 8 aromatic rings. The van der Waals surface area contributed by atoms with Crippen LogP contribution in [0.5, 0.6) is 0 Å². The van der Waals surface area contributed by atoms with Gasteiger partial charge in [0, 0.05) is 42.8 Å². The third-order valence-corrected chi connectivity index (χ3v) is 10.4. The van der Waals surface area contributed by atoms with E-state index in [1.807, 2.05) is 29.5 Å². The van der Waals surface area contributed by atoms with E-state index < -0.39 is 0 Å². The molecule has 46 heavy (non-hydrogen) atoms. The maximum atomic E-state index is 6.45. The minimum absolute atomic E-state index is 0.911. The van der Waals surface area contributed by atoms with Crippen molar-refractivity contribution < 1.29 is 4.42 Å². The number of hydrogen-bond acceptors (Lipinski definition) is 2. The van der Waals surface area contributed by atoms with E-state index in [2.05, 4.69) is 140 Å². The maximum absolute atomic E-state index is 6.45. The summed E-state index contributed by atoms with van der Waals surface area (Å²) in [7, 11) is 0. The monoisotopic (exact) mass is 604 g/mol. The molecule has 2 heteroatoms. The normalized spacial score (nSPS) is 12.3. The molecule has 0 saturated carbocycles. The molecule has 0 spiro atoms. The molecule has 0 N–H and O–H groups in total. The number of fused-ring (bicyclic) bond motifs is 4. The second-order valence-electron chi connectivity index (χ2n) is 11.8. The van der Waals surface area contributed by atoms with Gasteiger partial charge in [0.2, 0.25) is 0 Å². The predicted molar refractivity (Wildman–Crippen MR) is 194 cm³/mol. The minimum Gasteiger partial charge on any atom is -0.455 e. The van der Waals surface area contributed by atoms with Crippen molar-refractivity contribution in [3.63, 3.8) is 0 Å². The first kappa shape index (κ1) is 26.8. The van der Waals surface area contributed by atoms with Gasteiger partial charge >= 0.3 is 0 Å². The summed E-state index contributed by atoms with van der Waals surface area (Å²) in [4.78, 5) is 2.66. The topological polar surface area (TPSA) is 13.1 Å². The van der Waals surface area contributed by atoms with Gasteiger partial charge in [-0.1, -0.05) is 133 Å². The van der Waals surface area contributed by atoms with E-state index in [4.69, 9.17) is 4.42 Å². The Balaban J connectivity index is 1.26. The lowest BCUT2D eigenvalue weighted by Crippen LogP contribution is -1.94. The average Bonchev–Trinajstić information content (AvgIpc) is 3.71. The lowest BCUT2D eigenvalue weighted by molar-refractivity contribution is 0.670. The predicted octanol–water partition coefficient (Wildman–Crippen LogP) is 12.5. The SMILES string of the molecule is c1cccc(-c2cc(-c3cccc4c3oc3ccccc34)ccc2-c2sc(-c3ccccc3-c3ccccc3)c3c2CCC=C3)c#1. The molecule has 0 saturated heterocycles. The van der Waals surface area contributed by atoms with Crippen LogP contribution in [-0.4, -0.2) is 0 Å². The second kappa shape index (κ2) is 11.1. The number of para-hydroxylation sites is 2. The zero-order valence-corrected chi connectivity index (χ0v) is 25.9. The van der Waals surface area contributed by atoms with Crippen molar-refractivity contribution in [1.82, 2.24) is 0 Å². The lowest BCUT2D eigenvalue weighted by Gasteiger charge is -2.14. The van der Waals surface area contributed by atoms with Gasteiger partial charge in [0.05, 0.1) is 0 Å². The Morgan fingerprint density at radius 2 is 1.37 bits per heavy atom. The van der Waals surface area contributed by atoms with Crippen molar-refractivity contribution in [3.05, 3.63) is 163 Å². The molecular formula is C44H28OS. The molecule has 1 nitrogen and oxygen atoms in total. The van der Waals surface area contributed by atoms with Crippen LogP contribution in [0.4, 0.5) is 0 Å². The Morgan fingerprint density at radius 3 is 2.26 bits per heavy atom. The first-order chi connectivity index (χ1) is 22.8. The van der Waals surface area contributed by atoms with Crippen LogP contribution in [0.15, 0.2) is 144 Å². The number of thiophene rings is 1. The molecule has 9 rings (SSSR count). The molecule has 2 heterocycles. The van der Waals surface area contributed by atoms with E-state index in [-0.39, 0.29) is 0 Å². The van der Waals surface area contributed by atoms with Crippen LogP contribution < -0.4 is 0 Å². The molecule has 1 aliphatic carbocycles. The third kappa shape index (κ3) is 4.40. The molecule has 0 atom stereocenters. The van der Waals surface area contributed by atoms with Crippen molar-refractivity contribution in [2.24, 2.45) is 0 Å². The molecule has 0 bridgehead atoms. The number of allylic oxidation sites excluding steroid dienone is 1. The molecule has 6 aromatic carbocycles. The van der Waals surface area contributed by atoms with Crippen LogP contribution in [0.2, 0.25) is 0 Å². The van der Waals surface area contributed by atoms with Crippen LogP contribution in [-0.2, 0) is 6.42 Å². The van der Waals surface area contributed by atoms with Crippen molar-refractivity contribution in [2.75, 3.05) is 0 Å². The van der Waals surface area contributed by atoms with Gasteiger partial charge in [0.25, 0.3) is 0 Å². The van der Waals surface area contributed by atoms with E-state index in [9.17, 15) is 0 Å². The van der Waals surface area contributed by atoms with Crippen LogP contribution in [0.1, 0.15) is 17.5 Å². The molecular weight excluding hydrogens is 577 g/mol. The summed E-state index contributed by atoms with van der Waals surface area (Å²) in [5.41, 5.74) is 14.0. The van der Waals surface area contributed by atoms with Crippen LogP contribution >= 0.6 is 11.3 Å². The van der Waals surface area contributed by atoms with Gasteiger partial charge < -0.3 is 4.42 Å². The van der Waals surface area contributed by atoms with Crippen molar-refractivity contribution >= 4 is 39.4 Å². The van der Waals surface area contributed by atoms with Gasteiger partial charge in [0.1, 0.15) is 11.2 Å². The third-order valence-electron chi connectivity index (χ3n) is 9.07. The maximum Gasteiger partial charge on any atom is 0.143 e. The lowest BCUT2D eigenvalue weighted by atomic mass is 9.89. The summed E-state index contributed by atoms with van der Waals surface area (Å²) in [6, 6.07) is 53.9. The van der Waals surface area contributed by atoms with E-state index in [1.165, 1.54) is 43.1 Å². The number of hydrogen-bond donors (Lipinski definition) is 0. The van der Waals surface area contributed by atoms with Gasteiger partial charge in [-0.05, 0) is 70.5 Å². The molecule has 216 valence electrons. The summed E-state index contributed by atoms with van der Waals surface area (Å²) in [5, 5.41) is 2.28. The quantitative estimate of drug-likeness (QED) is 0.190. The largest absolute Gasteiger partial charge is 0.455 e. The zero-order chi connectivity index (χ0) is 30.5. The van der Waals surface area contributed by atoms with Gasteiger partial charge in [-0.2, -0.15) is 0 Å². The van der Waals surface area contributed by atoms with Gasteiger partial charge in [-0.15, -0.1) is 11.3 Å². The van der Waals surface area contributed by atoms with Crippen LogP contribution in [0.25, 0.3) is 82.3 Å². The number of rotatable bonds is 5. The van der Waals surface area contributed by atoms with Gasteiger partial charge in [-0.3, -0.25) is 0 Å². The molecule has 0 amide bonds. The summed E-state index contributed by atoms with van der Waals surface area (Å²) in [6.45, 7) is 0. The van der Waals surface area contributed by atoms with E-state index >= 15 is 0 Å². The first-order valence-electron chi connectivity index (χ1n) is 15.7. The van der Waals surface area contributed by atoms with Crippen molar-refractivity contribution in [2.45, 2.75) is 12.8 Å².